The van der Waals surface area contributed by atoms with Gasteiger partial charge in [-0.2, -0.15) is 0 Å². The van der Waals surface area contributed by atoms with Crippen molar-refractivity contribution in [2.45, 2.75) is 88.8 Å². The molecular weight excluding hydrogens is 797 g/mol. The quantitative estimate of drug-likeness (QED) is 0.0675. The number of ether oxygens (including phenoxy) is 10. The fourth-order valence-corrected chi connectivity index (χ4v) is 13.5. The Hall–Kier alpha value is -4.34. The van der Waals surface area contributed by atoms with Crippen LogP contribution in [0.4, 0.5) is 0 Å². The van der Waals surface area contributed by atoms with Gasteiger partial charge in [-0.25, -0.2) is 0 Å². The van der Waals surface area contributed by atoms with Crippen LogP contribution in [-0.2, 0) is 36.2 Å². The lowest BCUT2D eigenvalue weighted by atomic mass is 9.98. The Labute approximate surface area is 363 Å². The molecule has 2 aliphatic carbocycles. The average Bonchev–Trinajstić information content (AvgIpc) is 3.55. The summed E-state index contributed by atoms with van der Waals surface area (Å²) in [5.74, 6) is 3.67. The molecule has 334 valence electrons. The van der Waals surface area contributed by atoms with Crippen LogP contribution in [0.3, 0.4) is 0 Å². The van der Waals surface area contributed by atoms with E-state index >= 15 is 0 Å². The molecule has 0 saturated carbocycles. The van der Waals surface area contributed by atoms with Crippen molar-refractivity contribution in [1.82, 2.24) is 0 Å². The van der Waals surface area contributed by atoms with Gasteiger partial charge in [0, 0.05) is 44.3 Å². The van der Waals surface area contributed by atoms with Crippen molar-refractivity contribution in [2.75, 3.05) is 70.5 Å². The Morgan fingerprint density at radius 1 is 0.557 bits per heavy atom. The average molecular weight is 863 g/mol. The van der Waals surface area contributed by atoms with E-state index in [1.807, 2.05) is 12.1 Å². The number of hydrogen-bond acceptors (Lipinski definition) is 12. The number of aliphatic hydroxyl groups excluding tert-OH is 1. The summed E-state index contributed by atoms with van der Waals surface area (Å²) in [6.07, 6.45) is 3.06. The Kier molecular flexibility index (Phi) is 17.3. The molecule has 0 fully saturated rings. The first kappa shape index (κ1) is 47.7. The minimum Gasteiger partial charge on any atom is -0.493 e. The Morgan fingerprint density at radius 2 is 0.984 bits per heavy atom. The lowest BCUT2D eigenvalue weighted by Crippen LogP contribution is -2.67. The summed E-state index contributed by atoms with van der Waals surface area (Å²) in [5.41, 5.74) is 4.01. The zero-order valence-electron chi connectivity index (χ0n) is 37.8. The molecular formula is C48H66O12Si. The van der Waals surface area contributed by atoms with Crippen molar-refractivity contribution in [1.29, 1.82) is 0 Å². The molecule has 0 amide bonds. The molecule has 0 radical (unpaired) electrons. The van der Waals surface area contributed by atoms with Crippen molar-refractivity contribution >= 4 is 18.7 Å². The van der Waals surface area contributed by atoms with Gasteiger partial charge in [-0.05, 0) is 64.4 Å². The predicted octanol–water partition coefficient (Wildman–Crippen LogP) is 7.73. The molecule has 0 bridgehead atoms. The van der Waals surface area contributed by atoms with Gasteiger partial charge in [-0.1, -0.05) is 81.4 Å². The van der Waals surface area contributed by atoms with Gasteiger partial charge in [0.15, 0.2) is 23.0 Å². The van der Waals surface area contributed by atoms with Gasteiger partial charge in [-0.15, -0.1) is 0 Å². The van der Waals surface area contributed by atoms with E-state index in [1.54, 1.807) is 56.9 Å². The number of benzene rings is 4. The van der Waals surface area contributed by atoms with Crippen LogP contribution in [0.25, 0.3) is 0 Å². The molecule has 0 aliphatic heterocycles. The van der Waals surface area contributed by atoms with Gasteiger partial charge in [0.1, 0.15) is 13.6 Å². The Morgan fingerprint density at radius 3 is 1.38 bits per heavy atom. The highest BCUT2D eigenvalue weighted by molar-refractivity contribution is 6.99. The highest BCUT2D eigenvalue weighted by Gasteiger charge is 2.52. The summed E-state index contributed by atoms with van der Waals surface area (Å²) in [7, 11) is 10.2. The number of methoxy groups -OCH3 is 8. The zero-order valence-corrected chi connectivity index (χ0v) is 38.8. The van der Waals surface area contributed by atoms with E-state index in [4.69, 9.17) is 51.8 Å². The van der Waals surface area contributed by atoms with E-state index in [2.05, 4.69) is 81.4 Å². The summed E-state index contributed by atoms with van der Waals surface area (Å²) in [6.45, 7) is 7.26. The molecule has 0 spiro atoms. The Bertz CT molecular complexity index is 1930. The molecule has 0 aromatic heterocycles. The van der Waals surface area contributed by atoms with Crippen molar-refractivity contribution in [3.05, 3.63) is 95.1 Å². The summed E-state index contributed by atoms with van der Waals surface area (Å²) >= 11 is 0. The van der Waals surface area contributed by atoms with E-state index in [1.165, 1.54) is 10.4 Å². The summed E-state index contributed by atoms with van der Waals surface area (Å²) < 4.78 is 63.6. The predicted molar refractivity (Wildman–Crippen MR) is 238 cm³/mol. The first-order valence-corrected chi connectivity index (χ1v) is 22.7. The van der Waals surface area contributed by atoms with E-state index < -0.39 is 14.4 Å². The maximum atomic E-state index is 10.1. The molecule has 0 heterocycles. The van der Waals surface area contributed by atoms with Crippen LogP contribution in [0.15, 0.2) is 72.8 Å². The second-order valence-electron chi connectivity index (χ2n) is 16.2. The summed E-state index contributed by atoms with van der Waals surface area (Å²) in [6, 6.07) is 25.4. The first-order chi connectivity index (χ1) is 29.5. The molecule has 2 aliphatic rings. The van der Waals surface area contributed by atoms with Crippen LogP contribution >= 0.6 is 0 Å². The smallest absolute Gasteiger partial charge is 0.261 e. The monoisotopic (exact) mass is 862 g/mol. The van der Waals surface area contributed by atoms with Crippen molar-refractivity contribution < 1.29 is 56.9 Å². The molecule has 12 nitrogen and oxygen atoms in total. The number of fused-ring (bicyclic) bond motifs is 2. The topological polar surface area (TPSA) is 122 Å². The maximum Gasteiger partial charge on any atom is 0.261 e. The molecule has 4 aromatic rings. The van der Waals surface area contributed by atoms with Crippen molar-refractivity contribution in [2.24, 2.45) is 0 Å². The minimum absolute atomic E-state index is 0.0627. The molecule has 4 atom stereocenters. The van der Waals surface area contributed by atoms with E-state index in [0.717, 1.165) is 35.1 Å². The lowest BCUT2D eigenvalue weighted by molar-refractivity contribution is -0.0854. The van der Waals surface area contributed by atoms with Crippen LogP contribution in [0, 0.1) is 0 Å². The Balaban J connectivity index is 0.000000271. The fourth-order valence-electron chi connectivity index (χ4n) is 8.82. The summed E-state index contributed by atoms with van der Waals surface area (Å²) in [5, 5.41) is 12.5. The minimum atomic E-state index is -2.75. The van der Waals surface area contributed by atoms with Gasteiger partial charge < -0.3 is 56.9 Å². The molecule has 2 unspecified atom stereocenters. The molecule has 4 aromatic carbocycles. The van der Waals surface area contributed by atoms with E-state index in [9.17, 15) is 5.11 Å². The molecule has 61 heavy (non-hydrogen) atoms. The second kappa shape index (κ2) is 22.1. The first-order valence-electron chi connectivity index (χ1n) is 20.8. The zero-order chi connectivity index (χ0) is 44.2. The third-order valence-corrected chi connectivity index (χ3v) is 16.7. The number of hydrogen-bond donors (Lipinski definition) is 1. The van der Waals surface area contributed by atoms with Crippen LogP contribution in [0.2, 0.25) is 5.04 Å². The van der Waals surface area contributed by atoms with Gasteiger partial charge >= 0.3 is 0 Å². The van der Waals surface area contributed by atoms with Crippen LogP contribution < -0.4 is 38.8 Å². The number of aliphatic hydroxyl groups is 1. The third-order valence-electron chi connectivity index (χ3n) is 11.6. The van der Waals surface area contributed by atoms with Crippen molar-refractivity contribution in [3.8, 4) is 34.5 Å². The summed E-state index contributed by atoms with van der Waals surface area (Å²) in [4.78, 5) is 0. The maximum absolute atomic E-state index is 10.1. The molecule has 13 heteroatoms. The number of rotatable bonds is 16. The second-order valence-corrected chi connectivity index (χ2v) is 20.4. The normalized spacial score (nSPS) is 18.9. The standard InChI is InChI=1S/C32H42O6Si.C16H24O6/c1-32(2,3)39(24-14-10-8-11-15-24,25-16-12-9-13-17-25)38-23-18-19-26-27(28(20-23)37-22-33-4)21-29(34-5)31(36-7)30(26)35-6;1-18-9-22-13-7-10(17)5-6-11-12(13)8-14(19-2)16(21-4)15(11)20-3/h8-17,21,23,28H,18-20,22H2,1-7H3;8,10,13,17H,5-7,9H2,1-4H3/t23-,28?;10-,13?/m11/s1. The van der Waals surface area contributed by atoms with Gasteiger partial charge in [0.25, 0.3) is 8.32 Å². The SMILES string of the molecule is COCOC1C[C@H](O)CCc2c1cc(OC)c(OC)c2OC.COCOC1C[C@H](O[Si](c2ccccc2)(c2ccccc2)C(C)(C)C)CCc2c1cc(OC)c(OC)c2OC. The molecule has 6 rings (SSSR count). The van der Waals surface area contributed by atoms with E-state index in [0.29, 0.717) is 60.2 Å². The van der Waals surface area contributed by atoms with Crippen LogP contribution in [-0.4, -0.2) is 96.1 Å². The molecule has 0 saturated heterocycles. The van der Waals surface area contributed by atoms with Crippen molar-refractivity contribution in [3.63, 3.8) is 0 Å². The van der Waals surface area contributed by atoms with Crippen LogP contribution in [0.5, 0.6) is 34.5 Å². The lowest BCUT2D eigenvalue weighted by Gasteiger charge is -2.45. The highest BCUT2D eigenvalue weighted by Crippen LogP contribution is 2.49. The van der Waals surface area contributed by atoms with Gasteiger partial charge in [-0.3, -0.25) is 0 Å². The highest BCUT2D eigenvalue weighted by atomic mass is 28.4. The molecule has 1 N–H and O–H groups in total. The fraction of sp³-hybridized carbons (Fsp3) is 0.500. The van der Waals surface area contributed by atoms with Crippen LogP contribution in [0.1, 0.15) is 80.9 Å². The van der Waals surface area contributed by atoms with Gasteiger partial charge in [0.2, 0.25) is 11.5 Å². The largest absolute Gasteiger partial charge is 0.493 e. The van der Waals surface area contributed by atoms with Gasteiger partial charge in [0.05, 0.1) is 61.0 Å². The van der Waals surface area contributed by atoms with E-state index in [-0.39, 0.29) is 36.9 Å². The third kappa shape index (κ3) is 10.5.